The second-order valence-corrected chi connectivity index (χ2v) is 3.29. The number of nitrogens with zero attached hydrogens (tertiary/aromatic N) is 1. The third-order valence-electron chi connectivity index (χ3n) is 1.91. The highest BCUT2D eigenvalue weighted by atomic mass is 35.5. The lowest BCUT2D eigenvalue weighted by molar-refractivity contribution is 0.111. The standard InChI is InChI=1S/C10H6ClFN2O/c11-9-8(5-15)13-10(14-9)6-1-3-7(12)4-2-6/h1-5H,(H,13,14). The molecular weight excluding hydrogens is 219 g/mol. The van der Waals surface area contributed by atoms with Crippen molar-refractivity contribution in [2.24, 2.45) is 0 Å². The van der Waals surface area contributed by atoms with Crippen LogP contribution in [-0.4, -0.2) is 16.3 Å². The topological polar surface area (TPSA) is 45.8 Å². The first-order chi connectivity index (χ1) is 7.20. The zero-order chi connectivity index (χ0) is 10.8. The number of hydrogen-bond donors (Lipinski definition) is 1. The number of carbonyl (C=O) groups excluding carboxylic acids is 1. The number of aromatic nitrogens is 2. The molecule has 76 valence electrons. The fourth-order valence-corrected chi connectivity index (χ4v) is 1.36. The van der Waals surface area contributed by atoms with Crippen LogP contribution in [0.15, 0.2) is 24.3 Å². The summed E-state index contributed by atoms with van der Waals surface area (Å²) in [7, 11) is 0. The van der Waals surface area contributed by atoms with E-state index in [9.17, 15) is 9.18 Å². The number of benzene rings is 1. The van der Waals surface area contributed by atoms with E-state index in [1.807, 2.05) is 0 Å². The monoisotopic (exact) mass is 224 g/mol. The van der Waals surface area contributed by atoms with Gasteiger partial charge < -0.3 is 4.98 Å². The van der Waals surface area contributed by atoms with Gasteiger partial charge in [-0.2, -0.15) is 0 Å². The van der Waals surface area contributed by atoms with Crippen LogP contribution < -0.4 is 0 Å². The summed E-state index contributed by atoms with van der Waals surface area (Å²) in [6, 6.07) is 5.73. The van der Waals surface area contributed by atoms with Gasteiger partial charge in [0, 0.05) is 5.56 Å². The summed E-state index contributed by atoms with van der Waals surface area (Å²) in [6.07, 6.45) is 0.561. The number of aromatic amines is 1. The van der Waals surface area contributed by atoms with E-state index in [4.69, 9.17) is 11.6 Å². The highest BCUT2D eigenvalue weighted by Gasteiger charge is 2.08. The van der Waals surface area contributed by atoms with E-state index < -0.39 is 0 Å². The first-order valence-corrected chi connectivity index (χ1v) is 4.55. The molecule has 3 nitrogen and oxygen atoms in total. The van der Waals surface area contributed by atoms with Gasteiger partial charge >= 0.3 is 0 Å². The smallest absolute Gasteiger partial charge is 0.171 e. The molecule has 1 heterocycles. The average molecular weight is 225 g/mol. The van der Waals surface area contributed by atoms with Crippen molar-refractivity contribution < 1.29 is 9.18 Å². The molecule has 0 saturated carbocycles. The van der Waals surface area contributed by atoms with E-state index in [2.05, 4.69) is 9.97 Å². The normalized spacial score (nSPS) is 10.3. The molecule has 2 rings (SSSR count). The molecule has 1 N–H and O–H groups in total. The summed E-state index contributed by atoms with van der Waals surface area (Å²) in [5.41, 5.74) is 0.822. The van der Waals surface area contributed by atoms with Gasteiger partial charge in [0.05, 0.1) is 0 Å². The lowest BCUT2D eigenvalue weighted by Gasteiger charge is -1.94. The van der Waals surface area contributed by atoms with Gasteiger partial charge in [0.2, 0.25) is 0 Å². The molecule has 15 heavy (non-hydrogen) atoms. The third kappa shape index (κ3) is 1.89. The summed E-state index contributed by atoms with van der Waals surface area (Å²) in [4.78, 5) is 17.2. The minimum Gasteiger partial charge on any atom is -0.328 e. The molecule has 0 unspecified atom stereocenters. The maximum Gasteiger partial charge on any atom is 0.171 e. The van der Waals surface area contributed by atoms with Gasteiger partial charge in [0.25, 0.3) is 0 Å². The van der Waals surface area contributed by atoms with Crippen molar-refractivity contribution in [3.8, 4) is 11.4 Å². The molecule has 5 heteroatoms. The number of nitrogens with one attached hydrogen (secondary N) is 1. The van der Waals surface area contributed by atoms with Crippen molar-refractivity contribution in [3.63, 3.8) is 0 Å². The van der Waals surface area contributed by atoms with Crippen molar-refractivity contribution in [3.05, 3.63) is 40.9 Å². The molecule has 2 aromatic rings. The zero-order valence-corrected chi connectivity index (χ0v) is 8.25. The molecule has 0 spiro atoms. The fraction of sp³-hybridized carbons (Fsp3) is 0. The van der Waals surface area contributed by atoms with Crippen LogP contribution in [0.2, 0.25) is 5.15 Å². The molecule has 0 aliphatic carbocycles. The van der Waals surface area contributed by atoms with Crippen molar-refractivity contribution in [2.45, 2.75) is 0 Å². The molecule has 0 saturated heterocycles. The van der Waals surface area contributed by atoms with E-state index in [0.29, 0.717) is 17.7 Å². The number of H-pyrrole nitrogens is 1. The Bertz CT molecular complexity index is 493. The number of halogens is 2. The van der Waals surface area contributed by atoms with Gasteiger partial charge in [-0.25, -0.2) is 9.37 Å². The van der Waals surface area contributed by atoms with Crippen molar-refractivity contribution in [1.82, 2.24) is 9.97 Å². The summed E-state index contributed by atoms with van der Waals surface area (Å²) in [6.45, 7) is 0. The van der Waals surface area contributed by atoms with Crippen LogP contribution in [0.4, 0.5) is 4.39 Å². The van der Waals surface area contributed by atoms with Gasteiger partial charge in [-0.3, -0.25) is 4.79 Å². The Kier molecular flexibility index (Phi) is 2.51. The van der Waals surface area contributed by atoms with E-state index >= 15 is 0 Å². The van der Waals surface area contributed by atoms with Gasteiger partial charge in [0.1, 0.15) is 22.5 Å². The number of carbonyl (C=O) groups is 1. The molecule has 0 atom stereocenters. The van der Waals surface area contributed by atoms with Crippen molar-refractivity contribution in [2.75, 3.05) is 0 Å². The molecule has 1 aromatic heterocycles. The number of aldehydes is 1. The highest BCUT2D eigenvalue weighted by molar-refractivity contribution is 6.31. The SMILES string of the molecule is O=Cc1nc(-c2ccc(F)cc2)[nH]c1Cl. The van der Waals surface area contributed by atoms with Crippen LogP contribution in [0.3, 0.4) is 0 Å². The van der Waals surface area contributed by atoms with E-state index in [0.717, 1.165) is 0 Å². The minimum atomic E-state index is -0.327. The largest absolute Gasteiger partial charge is 0.328 e. The average Bonchev–Trinajstić information content (AvgIpc) is 2.61. The van der Waals surface area contributed by atoms with Crippen LogP contribution >= 0.6 is 11.6 Å². The maximum absolute atomic E-state index is 12.6. The van der Waals surface area contributed by atoms with Crippen molar-refractivity contribution >= 4 is 17.9 Å². The fourth-order valence-electron chi connectivity index (χ4n) is 1.19. The molecular formula is C10H6ClFN2O. The van der Waals surface area contributed by atoms with E-state index in [-0.39, 0.29) is 16.7 Å². The predicted molar refractivity (Wildman–Crippen MR) is 54.4 cm³/mol. The van der Waals surface area contributed by atoms with E-state index in [1.165, 1.54) is 12.1 Å². The number of imidazole rings is 1. The predicted octanol–water partition coefficient (Wildman–Crippen LogP) is 2.68. The number of rotatable bonds is 2. The van der Waals surface area contributed by atoms with Crippen LogP contribution in [0.1, 0.15) is 10.5 Å². The molecule has 0 radical (unpaired) electrons. The van der Waals surface area contributed by atoms with Crippen LogP contribution in [0.5, 0.6) is 0 Å². The summed E-state index contributed by atoms with van der Waals surface area (Å²) >= 11 is 5.70. The molecule has 0 aliphatic rings. The number of hydrogen-bond acceptors (Lipinski definition) is 2. The lowest BCUT2D eigenvalue weighted by atomic mass is 10.2. The summed E-state index contributed by atoms with van der Waals surface area (Å²) in [5, 5.41) is 0.185. The van der Waals surface area contributed by atoms with Crippen LogP contribution in [-0.2, 0) is 0 Å². The quantitative estimate of drug-likeness (QED) is 0.798. The Morgan fingerprint density at radius 3 is 2.53 bits per heavy atom. The summed E-state index contributed by atoms with van der Waals surface area (Å²) < 4.78 is 12.6. The lowest BCUT2D eigenvalue weighted by Crippen LogP contribution is -1.82. The second-order valence-electron chi connectivity index (χ2n) is 2.91. The van der Waals surface area contributed by atoms with Crippen molar-refractivity contribution in [1.29, 1.82) is 0 Å². The minimum absolute atomic E-state index is 0.149. The Morgan fingerprint density at radius 1 is 1.33 bits per heavy atom. The highest BCUT2D eigenvalue weighted by Crippen LogP contribution is 2.20. The van der Waals surface area contributed by atoms with Gasteiger partial charge in [-0.1, -0.05) is 11.6 Å². The second kappa shape index (κ2) is 3.82. The molecule has 0 bridgehead atoms. The first kappa shape index (κ1) is 9.86. The molecule has 0 aliphatic heterocycles. The Morgan fingerprint density at radius 2 is 2.00 bits per heavy atom. The first-order valence-electron chi connectivity index (χ1n) is 4.17. The van der Waals surface area contributed by atoms with Gasteiger partial charge in [-0.05, 0) is 24.3 Å². The van der Waals surface area contributed by atoms with Gasteiger partial charge in [0.15, 0.2) is 6.29 Å². The Labute approximate surface area is 89.9 Å². The zero-order valence-electron chi connectivity index (χ0n) is 7.50. The molecule has 0 fully saturated rings. The Balaban J connectivity index is 2.45. The van der Waals surface area contributed by atoms with E-state index in [1.54, 1.807) is 12.1 Å². The van der Waals surface area contributed by atoms with Gasteiger partial charge in [-0.15, -0.1) is 0 Å². The Hall–Kier alpha value is -1.68. The summed E-state index contributed by atoms with van der Waals surface area (Å²) in [5.74, 6) is 0.120. The molecule has 0 amide bonds. The van der Waals surface area contributed by atoms with Crippen LogP contribution in [0.25, 0.3) is 11.4 Å². The van der Waals surface area contributed by atoms with Crippen LogP contribution in [0, 0.1) is 5.82 Å². The molecule has 1 aromatic carbocycles. The maximum atomic E-state index is 12.6. The third-order valence-corrected chi connectivity index (χ3v) is 2.20.